The number of aromatic carboxylic acids is 1. The quantitative estimate of drug-likeness (QED) is 0.626. The van der Waals surface area contributed by atoms with E-state index in [1.807, 2.05) is 6.07 Å². The topological polar surface area (TPSA) is 63.3 Å². The summed E-state index contributed by atoms with van der Waals surface area (Å²) in [6, 6.07) is 5.10. The first-order valence-corrected chi connectivity index (χ1v) is 6.09. The molecular weight excluding hydrogens is 222 g/mol. The predicted octanol–water partition coefficient (Wildman–Crippen LogP) is 3.10. The van der Waals surface area contributed by atoms with Crippen LogP contribution < -0.4 is 5.73 Å². The monoisotopic (exact) mass is 239 g/mol. The summed E-state index contributed by atoms with van der Waals surface area (Å²) in [6.45, 7) is 6.47. The lowest BCUT2D eigenvalue weighted by Gasteiger charge is -2.15. The molecule has 1 unspecified atom stereocenters. The Labute approximate surface area is 100 Å². The van der Waals surface area contributed by atoms with Crippen LogP contribution in [0.5, 0.6) is 0 Å². The lowest BCUT2D eigenvalue weighted by Crippen LogP contribution is -2.06. The molecule has 0 fully saturated rings. The van der Waals surface area contributed by atoms with Gasteiger partial charge in [-0.05, 0) is 24.1 Å². The van der Waals surface area contributed by atoms with Crippen LogP contribution in [0.1, 0.15) is 31.1 Å². The summed E-state index contributed by atoms with van der Waals surface area (Å²) in [6.07, 6.45) is 0. The molecular formula is C12H17NO2S. The zero-order valence-electron chi connectivity index (χ0n) is 9.73. The predicted molar refractivity (Wildman–Crippen MR) is 68.0 cm³/mol. The molecule has 4 heteroatoms. The molecule has 0 saturated carbocycles. The molecule has 0 heterocycles. The van der Waals surface area contributed by atoms with Crippen molar-refractivity contribution >= 4 is 23.4 Å². The summed E-state index contributed by atoms with van der Waals surface area (Å²) in [5.74, 6) is -0.406. The molecule has 1 aromatic carbocycles. The van der Waals surface area contributed by atoms with Gasteiger partial charge in [0.1, 0.15) is 0 Å². The molecule has 0 aromatic heterocycles. The third-order valence-electron chi connectivity index (χ3n) is 2.51. The molecule has 0 saturated heterocycles. The maximum Gasteiger partial charge on any atom is 0.337 e. The number of hydrogen-bond acceptors (Lipinski definition) is 3. The highest BCUT2D eigenvalue weighted by Crippen LogP contribution is 2.29. The third kappa shape index (κ3) is 3.17. The summed E-state index contributed by atoms with van der Waals surface area (Å²) in [4.78, 5) is 11.8. The minimum atomic E-state index is -0.981. The largest absolute Gasteiger partial charge is 0.478 e. The summed E-state index contributed by atoms with van der Waals surface area (Å²) in [5.41, 5.74) is 6.18. The smallest absolute Gasteiger partial charge is 0.337 e. The van der Waals surface area contributed by atoms with Gasteiger partial charge in [-0.1, -0.05) is 20.8 Å². The van der Waals surface area contributed by atoms with E-state index in [0.717, 1.165) is 4.90 Å². The lowest BCUT2D eigenvalue weighted by atomic mass is 10.1. The van der Waals surface area contributed by atoms with E-state index in [-0.39, 0.29) is 5.56 Å². The van der Waals surface area contributed by atoms with Crippen LogP contribution in [0.4, 0.5) is 5.69 Å². The fourth-order valence-corrected chi connectivity index (χ4v) is 2.20. The fraction of sp³-hybridized carbons (Fsp3) is 0.417. The van der Waals surface area contributed by atoms with Gasteiger partial charge < -0.3 is 10.8 Å². The van der Waals surface area contributed by atoms with Crippen LogP contribution >= 0.6 is 11.8 Å². The lowest BCUT2D eigenvalue weighted by molar-refractivity contribution is 0.0698. The zero-order valence-corrected chi connectivity index (χ0v) is 10.5. The van der Waals surface area contributed by atoms with Gasteiger partial charge in [-0.2, -0.15) is 0 Å². The van der Waals surface area contributed by atoms with Crippen molar-refractivity contribution in [1.82, 2.24) is 0 Å². The minimum Gasteiger partial charge on any atom is -0.478 e. The fourth-order valence-electron chi connectivity index (χ4n) is 1.16. The molecule has 3 N–H and O–H groups in total. The summed E-state index contributed by atoms with van der Waals surface area (Å²) in [7, 11) is 0. The average molecular weight is 239 g/mol. The summed E-state index contributed by atoms with van der Waals surface area (Å²) in [5, 5.41) is 9.32. The van der Waals surface area contributed by atoms with Crippen LogP contribution in [-0.2, 0) is 0 Å². The second-order valence-corrected chi connectivity index (χ2v) is 5.57. The van der Waals surface area contributed by atoms with Gasteiger partial charge in [0.05, 0.1) is 5.56 Å². The van der Waals surface area contributed by atoms with Gasteiger partial charge in [-0.3, -0.25) is 0 Å². The van der Waals surface area contributed by atoms with Crippen LogP contribution in [0.15, 0.2) is 23.1 Å². The van der Waals surface area contributed by atoms with Crippen molar-refractivity contribution in [1.29, 1.82) is 0 Å². The maximum absolute atomic E-state index is 10.8. The number of carboxylic acids is 1. The summed E-state index contributed by atoms with van der Waals surface area (Å²) >= 11 is 1.71. The molecule has 0 radical (unpaired) electrons. The van der Waals surface area contributed by atoms with Crippen LogP contribution in [-0.4, -0.2) is 16.3 Å². The Morgan fingerprint density at radius 3 is 2.44 bits per heavy atom. The van der Waals surface area contributed by atoms with Crippen molar-refractivity contribution in [2.45, 2.75) is 30.9 Å². The van der Waals surface area contributed by atoms with Gasteiger partial charge in [0.25, 0.3) is 0 Å². The molecule has 0 aliphatic heterocycles. The van der Waals surface area contributed by atoms with Crippen LogP contribution in [0.2, 0.25) is 0 Å². The number of hydrogen-bond donors (Lipinski definition) is 2. The molecule has 0 amide bonds. The Morgan fingerprint density at radius 1 is 1.38 bits per heavy atom. The van der Waals surface area contributed by atoms with E-state index >= 15 is 0 Å². The van der Waals surface area contributed by atoms with E-state index in [2.05, 4.69) is 20.8 Å². The Hall–Kier alpha value is -1.16. The molecule has 3 nitrogen and oxygen atoms in total. The highest BCUT2D eigenvalue weighted by Gasteiger charge is 2.12. The molecule has 0 bridgehead atoms. The van der Waals surface area contributed by atoms with Crippen LogP contribution in [0, 0.1) is 5.92 Å². The summed E-state index contributed by atoms with van der Waals surface area (Å²) < 4.78 is 0. The van der Waals surface area contributed by atoms with E-state index in [1.54, 1.807) is 23.9 Å². The number of thioether (sulfide) groups is 1. The Balaban J connectivity index is 2.85. The molecule has 1 aromatic rings. The van der Waals surface area contributed by atoms with Crippen molar-refractivity contribution in [3.8, 4) is 0 Å². The molecule has 0 spiro atoms. The van der Waals surface area contributed by atoms with Crippen LogP contribution in [0.3, 0.4) is 0 Å². The normalized spacial score (nSPS) is 12.8. The van der Waals surface area contributed by atoms with Crippen molar-refractivity contribution in [3.05, 3.63) is 23.8 Å². The third-order valence-corrected chi connectivity index (χ3v) is 3.96. The highest BCUT2D eigenvalue weighted by molar-refractivity contribution is 8.00. The van der Waals surface area contributed by atoms with E-state index in [1.165, 1.54) is 0 Å². The number of carboxylic acid groups (broad SMARTS) is 1. The molecule has 0 aliphatic rings. The van der Waals surface area contributed by atoms with Crippen molar-refractivity contribution < 1.29 is 9.90 Å². The van der Waals surface area contributed by atoms with Gasteiger partial charge in [0, 0.05) is 15.8 Å². The number of benzene rings is 1. The van der Waals surface area contributed by atoms with Crippen molar-refractivity contribution in [2.24, 2.45) is 5.92 Å². The number of nitrogen functional groups attached to an aromatic ring is 1. The Bertz CT molecular complexity index is 391. The van der Waals surface area contributed by atoms with E-state index in [0.29, 0.717) is 16.9 Å². The van der Waals surface area contributed by atoms with Gasteiger partial charge in [0.15, 0.2) is 0 Å². The number of carbonyl (C=O) groups is 1. The molecule has 1 atom stereocenters. The maximum atomic E-state index is 10.8. The van der Waals surface area contributed by atoms with Gasteiger partial charge in [-0.15, -0.1) is 11.8 Å². The number of rotatable bonds is 4. The Kier molecular flexibility index (Phi) is 4.24. The minimum absolute atomic E-state index is 0.168. The number of nitrogens with two attached hydrogens (primary N) is 1. The zero-order chi connectivity index (χ0) is 12.3. The second kappa shape index (κ2) is 5.25. The van der Waals surface area contributed by atoms with Crippen LogP contribution in [0.25, 0.3) is 0 Å². The molecule has 1 rings (SSSR count). The Morgan fingerprint density at radius 2 is 2.00 bits per heavy atom. The van der Waals surface area contributed by atoms with Gasteiger partial charge >= 0.3 is 5.97 Å². The van der Waals surface area contributed by atoms with Gasteiger partial charge in [-0.25, -0.2) is 4.79 Å². The van der Waals surface area contributed by atoms with E-state index < -0.39 is 5.97 Å². The van der Waals surface area contributed by atoms with E-state index in [9.17, 15) is 4.79 Å². The SMILES string of the molecule is CC(C)C(C)Sc1ccc(C(=O)O)c(N)c1. The standard InChI is InChI=1S/C12H17NO2S/c1-7(2)8(3)16-9-4-5-10(12(14)15)11(13)6-9/h4-8H,13H2,1-3H3,(H,14,15). The van der Waals surface area contributed by atoms with Crippen molar-refractivity contribution in [3.63, 3.8) is 0 Å². The second-order valence-electron chi connectivity index (χ2n) is 4.12. The van der Waals surface area contributed by atoms with E-state index in [4.69, 9.17) is 10.8 Å². The first kappa shape index (κ1) is 12.9. The average Bonchev–Trinajstić information content (AvgIpc) is 2.16. The first-order chi connectivity index (χ1) is 7.41. The number of anilines is 1. The van der Waals surface area contributed by atoms with Gasteiger partial charge in [0.2, 0.25) is 0 Å². The molecule has 16 heavy (non-hydrogen) atoms. The highest BCUT2D eigenvalue weighted by atomic mass is 32.2. The van der Waals surface area contributed by atoms with Crippen molar-refractivity contribution in [2.75, 3.05) is 5.73 Å². The first-order valence-electron chi connectivity index (χ1n) is 5.21. The molecule has 0 aliphatic carbocycles. The molecule has 88 valence electrons.